The number of nitrogens with one attached hydrogen (secondary N) is 1. The van der Waals surface area contributed by atoms with E-state index in [0.29, 0.717) is 54.4 Å². The van der Waals surface area contributed by atoms with Gasteiger partial charge < -0.3 is 15.8 Å². The fraction of sp³-hybridized carbons (Fsp3) is 0.333. The Morgan fingerprint density at radius 1 is 1.25 bits per heavy atom. The number of rotatable bonds is 7. The minimum atomic E-state index is -0.429. The van der Waals surface area contributed by atoms with Crippen molar-refractivity contribution in [2.75, 3.05) is 19.7 Å². The molecule has 152 valence electrons. The van der Waals surface area contributed by atoms with Crippen LogP contribution in [0.15, 0.2) is 47.3 Å². The molecule has 3 aromatic rings. The fourth-order valence-electron chi connectivity index (χ4n) is 2.79. The van der Waals surface area contributed by atoms with Gasteiger partial charge in [-0.2, -0.15) is 0 Å². The predicted octanol–water partition coefficient (Wildman–Crippen LogP) is 3.24. The molecular formula is C21H29FN4O2. The standard InChI is InChI=1S/C19H21FN4O2.C2H6.H2/c1-2-26-17-11-13(20)7-8-16(17)24-18(12-22-10-9-21)23-15-6-4-3-5-14(15)19(24)25;1-2;/h3-8,11,22H,2,9-10,12,21H2,1H3;1-2H3;1H. The number of ether oxygens (including phenoxy) is 1. The van der Waals surface area contributed by atoms with E-state index in [0.717, 1.165) is 0 Å². The molecule has 0 amide bonds. The molecule has 0 spiro atoms. The molecule has 6 nitrogen and oxygen atoms in total. The number of fused-ring (bicyclic) bond motifs is 1. The summed E-state index contributed by atoms with van der Waals surface area (Å²) >= 11 is 0. The Morgan fingerprint density at radius 2 is 2.00 bits per heavy atom. The highest BCUT2D eigenvalue weighted by molar-refractivity contribution is 5.78. The molecule has 0 bridgehead atoms. The first-order valence-corrected chi connectivity index (χ1v) is 9.50. The highest BCUT2D eigenvalue weighted by Gasteiger charge is 2.16. The van der Waals surface area contributed by atoms with Gasteiger partial charge in [-0.15, -0.1) is 0 Å². The van der Waals surface area contributed by atoms with Crippen molar-refractivity contribution >= 4 is 10.9 Å². The zero-order valence-corrected chi connectivity index (χ0v) is 16.5. The van der Waals surface area contributed by atoms with Crippen molar-refractivity contribution in [1.29, 1.82) is 0 Å². The van der Waals surface area contributed by atoms with Gasteiger partial charge in [0.25, 0.3) is 5.56 Å². The zero-order chi connectivity index (χ0) is 20.5. The molecule has 0 atom stereocenters. The lowest BCUT2D eigenvalue weighted by Crippen LogP contribution is -2.29. The van der Waals surface area contributed by atoms with Gasteiger partial charge in [-0.3, -0.25) is 9.36 Å². The van der Waals surface area contributed by atoms with E-state index in [9.17, 15) is 9.18 Å². The van der Waals surface area contributed by atoms with Crippen molar-refractivity contribution in [3.8, 4) is 11.4 Å². The SMILES string of the molecule is CC.CCOc1cc(F)ccc1-n1c(CNCCN)nc2ccccc2c1=O.[HH]. The van der Waals surface area contributed by atoms with Gasteiger partial charge in [-0.05, 0) is 31.2 Å². The molecular weight excluding hydrogens is 359 g/mol. The summed E-state index contributed by atoms with van der Waals surface area (Å²) in [6, 6.07) is 11.2. The van der Waals surface area contributed by atoms with Crippen molar-refractivity contribution in [1.82, 2.24) is 14.9 Å². The summed E-state index contributed by atoms with van der Waals surface area (Å²) in [6.45, 7) is 7.57. The fourth-order valence-corrected chi connectivity index (χ4v) is 2.79. The van der Waals surface area contributed by atoms with Crippen LogP contribution in [0.5, 0.6) is 5.75 Å². The van der Waals surface area contributed by atoms with Gasteiger partial charge in [0.05, 0.1) is 29.7 Å². The number of nitrogens with two attached hydrogens (primary N) is 1. The highest BCUT2D eigenvalue weighted by atomic mass is 19.1. The topological polar surface area (TPSA) is 82.2 Å². The zero-order valence-electron chi connectivity index (χ0n) is 16.5. The second-order valence-corrected chi connectivity index (χ2v) is 5.70. The number of nitrogens with zero attached hydrogens (tertiary/aromatic N) is 2. The minimum absolute atomic E-state index is 0. The van der Waals surface area contributed by atoms with E-state index in [2.05, 4.69) is 10.3 Å². The van der Waals surface area contributed by atoms with Gasteiger partial charge in [-0.25, -0.2) is 9.37 Å². The molecule has 0 aliphatic heterocycles. The van der Waals surface area contributed by atoms with E-state index in [-0.39, 0.29) is 6.99 Å². The number of para-hydroxylation sites is 1. The lowest BCUT2D eigenvalue weighted by atomic mass is 10.2. The van der Waals surface area contributed by atoms with Crippen LogP contribution in [0.1, 0.15) is 28.0 Å². The molecule has 0 unspecified atom stereocenters. The van der Waals surface area contributed by atoms with Crippen molar-refractivity contribution in [3.63, 3.8) is 0 Å². The summed E-state index contributed by atoms with van der Waals surface area (Å²) < 4.78 is 20.7. The van der Waals surface area contributed by atoms with Crippen LogP contribution < -0.4 is 21.3 Å². The van der Waals surface area contributed by atoms with Crippen LogP contribution in [-0.2, 0) is 6.54 Å². The van der Waals surface area contributed by atoms with E-state index in [1.165, 1.54) is 22.8 Å². The molecule has 7 heteroatoms. The maximum Gasteiger partial charge on any atom is 0.266 e. The van der Waals surface area contributed by atoms with Crippen LogP contribution in [0.25, 0.3) is 16.6 Å². The Morgan fingerprint density at radius 3 is 2.71 bits per heavy atom. The number of hydrogen-bond acceptors (Lipinski definition) is 5. The highest BCUT2D eigenvalue weighted by Crippen LogP contribution is 2.25. The number of benzene rings is 2. The van der Waals surface area contributed by atoms with Gasteiger partial charge in [0.1, 0.15) is 17.4 Å². The van der Waals surface area contributed by atoms with Gasteiger partial charge in [0.15, 0.2) is 0 Å². The van der Waals surface area contributed by atoms with E-state index < -0.39 is 5.82 Å². The Balaban J connectivity index is 0.00000136. The Labute approximate surface area is 165 Å². The molecule has 0 fully saturated rings. The molecule has 3 N–H and O–H groups in total. The molecule has 2 aromatic carbocycles. The second kappa shape index (κ2) is 10.5. The summed E-state index contributed by atoms with van der Waals surface area (Å²) in [6.07, 6.45) is 0. The summed E-state index contributed by atoms with van der Waals surface area (Å²) in [7, 11) is 0. The molecule has 0 radical (unpaired) electrons. The first kappa shape index (κ1) is 21.5. The predicted molar refractivity (Wildman–Crippen MR) is 113 cm³/mol. The molecule has 1 heterocycles. The Hall–Kier alpha value is -2.77. The summed E-state index contributed by atoms with van der Waals surface area (Å²) in [5, 5.41) is 3.64. The normalized spacial score (nSPS) is 10.5. The first-order chi connectivity index (χ1) is 13.7. The first-order valence-electron chi connectivity index (χ1n) is 9.50. The molecule has 0 aliphatic carbocycles. The summed E-state index contributed by atoms with van der Waals surface area (Å²) in [5.74, 6) is 0.378. The molecule has 28 heavy (non-hydrogen) atoms. The number of halogens is 1. The second-order valence-electron chi connectivity index (χ2n) is 5.70. The maximum absolute atomic E-state index is 13.7. The van der Waals surface area contributed by atoms with Crippen molar-refractivity contribution in [3.05, 3.63) is 64.5 Å². The smallest absolute Gasteiger partial charge is 0.266 e. The number of aromatic nitrogens is 2. The molecule has 0 saturated heterocycles. The lowest BCUT2D eigenvalue weighted by Gasteiger charge is -2.17. The third-order valence-corrected chi connectivity index (χ3v) is 3.91. The van der Waals surface area contributed by atoms with Gasteiger partial charge in [0.2, 0.25) is 0 Å². The van der Waals surface area contributed by atoms with Crippen LogP contribution in [-0.4, -0.2) is 29.2 Å². The van der Waals surface area contributed by atoms with Crippen LogP contribution >= 0.6 is 0 Å². The Kier molecular flexibility index (Phi) is 8.10. The van der Waals surface area contributed by atoms with E-state index >= 15 is 0 Å². The Bertz CT molecular complexity index is 979. The minimum Gasteiger partial charge on any atom is -0.492 e. The van der Waals surface area contributed by atoms with Crippen molar-refractivity contribution in [2.24, 2.45) is 5.73 Å². The maximum atomic E-state index is 13.7. The molecule has 1 aromatic heterocycles. The molecule has 3 rings (SSSR count). The average molecular weight is 388 g/mol. The largest absolute Gasteiger partial charge is 0.492 e. The van der Waals surface area contributed by atoms with Crippen LogP contribution in [0, 0.1) is 5.82 Å². The van der Waals surface area contributed by atoms with Gasteiger partial charge in [-0.1, -0.05) is 26.0 Å². The van der Waals surface area contributed by atoms with Crippen molar-refractivity contribution < 1.29 is 10.6 Å². The van der Waals surface area contributed by atoms with E-state index in [1.807, 2.05) is 19.9 Å². The van der Waals surface area contributed by atoms with E-state index in [1.54, 1.807) is 25.1 Å². The lowest BCUT2D eigenvalue weighted by molar-refractivity contribution is 0.336. The molecule has 0 saturated carbocycles. The van der Waals surface area contributed by atoms with Crippen LogP contribution in [0.4, 0.5) is 4.39 Å². The molecule has 0 aliphatic rings. The van der Waals surface area contributed by atoms with Gasteiger partial charge in [0, 0.05) is 20.6 Å². The van der Waals surface area contributed by atoms with Gasteiger partial charge >= 0.3 is 0 Å². The van der Waals surface area contributed by atoms with Crippen molar-refractivity contribution in [2.45, 2.75) is 27.3 Å². The van der Waals surface area contributed by atoms with Crippen LogP contribution in [0.2, 0.25) is 0 Å². The van der Waals surface area contributed by atoms with Crippen LogP contribution in [0.3, 0.4) is 0 Å². The third kappa shape index (κ3) is 4.74. The van der Waals surface area contributed by atoms with E-state index in [4.69, 9.17) is 10.5 Å². The quantitative estimate of drug-likeness (QED) is 0.607. The number of hydrogen-bond donors (Lipinski definition) is 2. The third-order valence-electron chi connectivity index (χ3n) is 3.91. The average Bonchev–Trinajstić information content (AvgIpc) is 2.71. The summed E-state index contributed by atoms with van der Waals surface area (Å²) in [5.41, 5.74) is 6.37. The monoisotopic (exact) mass is 388 g/mol. The summed E-state index contributed by atoms with van der Waals surface area (Å²) in [4.78, 5) is 17.8.